The number of cyclic esters (lactones) is 1. The van der Waals surface area contributed by atoms with Crippen LogP contribution in [0.5, 0.6) is 0 Å². The largest absolute Gasteiger partial charge is 0.453 e. The molecule has 1 saturated heterocycles. The molecule has 2 rings (SSSR count). The maximum absolute atomic E-state index is 11.4. The Balaban J connectivity index is 2.49. The van der Waals surface area contributed by atoms with Crippen molar-refractivity contribution in [3.05, 3.63) is 35.9 Å². The van der Waals surface area contributed by atoms with E-state index in [1.165, 1.54) is 0 Å². The molecule has 0 spiro atoms. The van der Waals surface area contributed by atoms with Crippen LogP contribution in [0.4, 0.5) is 0 Å². The lowest BCUT2D eigenvalue weighted by atomic mass is 9.81. The van der Waals surface area contributed by atoms with Gasteiger partial charge in [-0.15, -0.1) is 0 Å². The summed E-state index contributed by atoms with van der Waals surface area (Å²) >= 11 is 3.65. The fourth-order valence-corrected chi connectivity index (χ4v) is 2.76. The zero-order chi connectivity index (χ0) is 11.8. The highest BCUT2D eigenvalue weighted by Gasteiger charge is 2.52. The number of halogens is 1. The van der Waals surface area contributed by atoms with Gasteiger partial charge in [-0.3, -0.25) is 4.79 Å². The molecule has 3 heteroatoms. The van der Waals surface area contributed by atoms with Crippen LogP contribution in [0.3, 0.4) is 0 Å². The molecule has 16 heavy (non-hydrogen) atoms. The molecule has 0 bridgehead atoms. The zero-order valence-electron chi connectivity index (χ0n) is 9.50. The summed E-state index contributed by atoms with van der Waals surface area (Å²) in [7, 11) is 0. The lowest BCUT2D eigenvalue weighted by Gasteiger charge is -2.38. The number of carbonyl (C=O) groups excluding carboxylic acids is 1. The van der Waals surface area contributed by atoms with Crippen LogP contribution >= 0.6 is 15.9 Å². The number of rotatable bonds is 2. The first-order valence-electron chi connectivity index (χ1n) is 5.42. The number of alkyl halides is 1. The minimum atomic E-state index is -0.536. The molecule has 0 amide bonds. The van der Waals surface area contributed by atoms with Crippen LogP contribution < -0.4 is 0 Å². The van der Waals surface area contributed by atoms with Crippen molar-refractivity contribution in [3.8, 4) is 0 Å². The molecule has 0 radical (unpaired) electrons. The molecule has 1 heterocycles. The van der Waals surface area contributed by atoms with Crippen LogP contribution in [0.1, 0.15) is 32.3 Å². The molecule has 0 saturated carbocycles. The summed E-state index contributed by atoms with van der Waals surface area (Å²) in [5, 5.41) is 0. The topological polar surface area (TPSA) is 26.3 Å². The van der Waals surface area contributed by atoms with Crippen molar-refractivity contribution >= 4 is 21.9 Å². The third-order valence-corrected chi connectivity index (χ3v) is 3.81. The van der Waals surface area contributed by atoms with Crippen LogP contribution in [-0.2, 0) is 15.1 Å². The summed E-state index contributed by atoms with van der Waals surface area (Å²) in [6.45, 7) is 4.08. The Morgan fingerprint density at radius 3 is 2.38 bits per heavy atom. The van der Waals surface area contributed by atoms with Gasteiger partial charge >= 0.3 is 5.97 Å². The van der Waals surface area contributed by atoms with E-state index in [1.54, 1.807) is 0 Å². The third kappa shape index (κ3) is 1.77. The van der Waals surface area contributed by atoms with Crippen LogP contribution in [0.2, 0.25) is 0 Å². The minimum Gasteiger partial charge on any atom is -0.453 e. The van der Waals surface area contributed by atoms with Crippen molar-refractivity contribution in [3.63, 3.8) is 0 Å². The summed E-state index contributed by atoms with van der Waals surface area (Å²) < 4.78 is 5.34. The molecule has 2 nitrogen and oxygen atoms in total. The molecule has 1 aromatic rings. The van der Waals surface area contributed by atoms with E-state index in [-0.39, 0.29) is 10.3 Å². The number of ether oxygens (including phenoxy) is 1. The van der Waals surface area contributed by atoms with Gasteiger partial charge in [-0.25, -0.2) is 0 Å². The van der Waals surface area contributed by atoms with Crippen molar-refractivity contribution in [2.45, 2.75) is 36.6 Å². The first-order chi connectivity index (χ1) is 7.46. The Kier molecular flexibility index (Phi) is 2.82. The lowest BCUT2D eigenvalue weighted by Crippen LogP contribution is -2.42. The minimum absolute atomic E-state index is 0.114. The number of hydrogen-bond acceptors (Lipinski definition) is 2. The van der Waals surface area contributed by atoms with E-state index in [1.807, 2.05) is 44.2 Å². The van der Waals surface area contributed by atoms with Gasteiger partial charge in [0, 0.05) is 12.8 Å². The number of hydrogen-bond donors (Lipinski definition) is 0. The number of benzene rings is 1. The van der Waals surface area contributed by atoms with Crippen molar-refractivity contribution in [1.82, 2.24) is 0 Å². The fourth-order valence-electron chi connectivity index (χ4n) is 2.25. The SMILES string of the molecule is CC(C)(Br)[C@@]1(c2ccccc2)CCC(=O)O1. The molecular weight excluding hydrogens is 268 g/mol. The molecule has 1 fully saturated rings. The van der Waals surface area contributed by atoms with Crippen molar-refractivity contribution in [2.24, 2.45) is 0 Å². The van der Waals surface area contributed by atoms with Crippen molar-refractivity contribution in [2.75, 3.05) is 0 Å². The molecule has 0 aliphatic carbocycles. The standard InChI is InChI=1S/C13H15BrO2/c1-12(2,14)13(9-8-11(15)16-13)10-6-4-3-5-7-10/h3-7H,8-9H2,1-2H3/t13-/m0/s1. The van der Waals surface area contributed by atoms with Gasteiger partial charge in [0.25, 0.3) is 0 Å². The maximum atomic E-state index is 11.4. The van der Waals surface area contributed by atoms with E-state index in [2.05, 4.69) is 15.9 Å². The first-order valence-corrected chi connectivity index (χ1v) is 6.21. The molecule has 1 atom stereocenters. The Labute approximate surface area is 104 Å². The van der Waals surface area contributed by atoms with Gasteiger partial charge in [0.2, 0.25) is 0 Å². The van der Waals surface area contributed by atoms with Gasteiger partial charge in [-0.05, 0) is 19.4 Å². The summed E-state index contributed by atoms with van der Waals surface area (Å²) in [5.74, 6) is -0.114. The Hall–Kier alpha value is -0.830. The Morgan fingerprint density at radius 1 is 1.31 bits per heavy atom. The second kappa shape index (κ2) is 3.88. The van der Waals surface area contributed by atoms with Gasteiger partial charge in [-0.1, -0.05) is 46.3 Å². The van der Waals surface area contributed by atoms with Gasteiger partial charge < -0.3 is 4.74 Å². The monoisotopic (exact) mass is 282 g/mol. The van der Waals surface area contributed by atoms with Gasteiger partial charge in [-0.2, -0.15) is 0 Å². The molecule has 1 aliphatic rings. The Morgan fingerprint density at radius 2 is 1.94 bits per heavy atom. The van der Waals surface area contributed by atoms with Crippen molar-refractivity contribution < 1.29 is 9.53 Å². The summed E-state index contributed by atoms with van der Waals surface area (Å²) in [6, 6.07) is 9.95. The molecular formula is C13H15BrO2. The van der Waals surface area contributed by atoms with Gasteiger partial charge in [0.05, 0.1) is 4.32 Å². The van der Waals surface area contributed by atoms with E-state index in [9.17, 15) is 4.79 Å². The average molecular weight is 283 g/mol. The first kappa shape index (κ1) is 11.6. The normalized spacial score (nSPS) is 25.6. The van der Waals surface area contributed by atoms with E-state index < -0.39 is 5.60 Å². The van der Waals surface area contributed by atoms with E-state index >= 15 is 0 Å². The Bertz CT molecular complexity index is 394. The third-order valence-electron chi connectivity index (χ3n) is 3.17. The quantitative estimate of drug-likeness (QED) is 0.614. The average Bonchev–Trinajstić information content (AvgIpc) is 2.62. The molecule has 0 aromatic heterocycles. The summed E-state index contributed by atoms with van der Waals surface area (Å²) in [5.41, 5.74) is 0.522. The lowest BCUT2D eigenvalue weighted by molar-refractivity contribution is -0.151. The van der Waals surface area contributed by atoms with Crippen molar-refractivity contribution in [1.29, 1.82) is 0 Å². The molecule has 0 unspecified atom stereocenters. The highest BCUT2D eigenvalue weighted by Crippen LogP contribution is 2.49. The van der Waals surface area contributed by atoms with E-state index in [0.717, 1.165) is 12.0 Å². The highest BCUT2D eigenvalue weighted by atomic mass is 79.9. The van der Waals surface area contributed by atoms with Gasteiger partial charge in [0.1, 0.15) is 0 Å². The second-order valence-electron chi connectivity index (χ2n) is 4.64. The number of esters is 1. The highest BCUT2D eigenvalue weighted by molar-refractivity contribution is 9.10. The van der Waals surface area contributed by atoms with E-state index in [0.29, 0.717) is 6.42 Å². The van der Waals surface area contributed by atoms with Crippen LogP contribution in [0.25, 0.3) is 0 Å². The predicted molar refractivity (Wildman–Crippen MR) is 66.5 cm³/mol. The molecule has 1 aromatic carbocycles. The zero-order valence-corrected chi connectivity index (χ0v) is 11.1. The van der Waals surface area contributed by atoms with E-state index in [4.69, 9.17) is 4.74 Å². The predicted octanol–water partition coefficient (Wildman–Crippen LogP) is 3.39. The van der Waals surface area contributed by atoms with Crippen LogP contribution in [0, 0.1) is 0 Å². The molecule has 0 N–H and O–H groups in total. The maximum Gasteiger partial charge on any atom is 0.306 e. The van der Waals surface area contributed by atoms with Crippen LogP contribution in [-0.4, -0.2) is 10.3 Å². The van der Waals surface area contributed by atoms with Crippen LogP contribution in [0.15, 0.2) is 30.3 Å². The molecule has 1 aliphatic heterocycles. The van der Waals surface area contributed by atoms with Gasteiger partial charge in [0.15, 0.2) is 5.60 Å². The molecule has 86 valence electrons. The number of carbonyl (C=O) groups is 1. The smallest absolute Gasteiger partial charge is 0.306 e. The summed E-state index contributed by atoms with van der Waals surface area (Å²) in [4.78, 5) is 11.4. The summed E-state index contributed by atoms with van der Waals surface area (Å²) in [6.07, 6.45) is 1.22. The second-order valence-corrected chi connectivity index (χ2v) is 6.62. The fraction of sp³-hybridized carbons (Fsp3) is 0.462.